The van der Waals surface area contributed by atoms with Gasteiger partial charge in [0.15, 0.2) is 6.23 Å². The van der Waals surface area contributed by atoms with Crippen LogP contribution in [0.15, 0.2) is 79.1 Å². The number of nitrogens with zero attached hydrogens (tertiary/aromatic N) is 5. The number of fused-ring (bicyclic) bond motifs is 5. The molecule has 3 aromatic carbocycles. The summed E-state index contributed by atoms with van der Waals surface area (Å²) in [5.74, 6) is 1.60. The van der Waals surface area contributed by atoms with E-state index in [4.69, 9.17) is 25.8 Å². The summed E-state index contributed by atoms with van der Waals surface area (Å²) in [5, 5.41) is 1.37. The molecule has 0 aliphatic carbocycles. The van der Waals surface area contributed by atoms with Crippen molar-refractivity contribution in [2.45, 2.75) is 109 Å². The van der Waals surface area contributed by atoms with Gasteiger partial charge in [-0.2, -0.15) is 0 Å². The summed E-state index contributed by atoms with van der Waals surface area (Å²) < 4.78 is 49.7. The Bertz CT molecular complexity index is 2650. The van der Waals surface area contributed by atoms with Crippen LogP contribution in [0.25, 0.3) is 44.7 Å². The van der Waals surface area contributed by atoms with Crippen molar-refractivity contribution in [3.63, 3.8) is 0 Å². The third-order valence-corrected chi connectivity index (χ3v) is 11.8. The summed E-state index contributed by atoms with van der Waals surface area (Å²) in [6.45, 7) is 10.6. The van der Waals surface area contributed by atoms with Gasteiger partial charge in [0.1, 0.15) is 40.9 Å². The van der Waals surface area contributed by atoms with Crippen molar-refractivity contribution in [2.75, 3.05) is 13.1 Å². The predicted octanol–water partition coefficient (Wildman–Crippen LogP) is 11.3. The van der Waals surface area contributed by atoms with Gasteiger partial charge in [0.05, 0.1) is 65.2 Å². The predicted molar refractivity (Wildman–Crippen MR) is 232 cm³/mol. The number of hydrogen-bond donors (Lipinski definition) is 2. The second kappa shape index (κ2) is 15.8. The van der Waals surface area contributed by atoms with Crippen LogP contribution in [-0.2, 0) is 15.9 Å². The van der Waals surface area contributed by atoms with E-state index in [1.165, 1.54) is 15.4 Å². The molecule has 2 saturated heterocycles. The van der Waals surface area contributed by atoms with Crippen LogP contribution in [0.2, 0.25) is 5.02 Å². The first-order valence-corrected chi connectivity index (χ1v) is 21.4. The number of aryl methyl sites for hydroxylation is 1. The Balaban J connectivity index is 1.04. The number of ether oxygens (including phenoxy) is 3. The van der Waals surface area contributed by atoms with Crippen molar-refractivity contribution < 1.29 is 32.6 Å². The van der Waals surface area contributed by atoms with Gasteiger partial charge in [0, 0.05) is 41.3 Å². The maximum Gasteiger partial charge on any atom is 0.411 e. The molecule has 12 nitrogen and oxygen atoms in total. The van der Waals surface area contributed by atoms with Gasteiger partial charge in [-0.25, -0.2) is 28.3 Å². The average Bonchev–Trinajstić information content (AvgIpc) is 4.06. The molecule has 0 bridgehead atoms. The lowest BCUT2D eigenvalue weighted by Crippen LogP contribution is -2.37. The third-order valence-electron chi connectivity index (χ3n) is 11.5. The fourth-order valence-electron chi connectivity index (χ4n) is 8.73. The van der Waals surface area contributed by atoms with Gasteiger partial charge in [-0.3, -0.25) is 9.80 Å². The number of aromatic amines is 2. The first kappa shape index (κ1) is 41.5. The number of aromatic nitrogens is 5. The van der Waals surface area contributed by atoms with E-state index < -0.39 is 54.0 Å². The highest BCUT2D eigenvalue weighted by molar-refractivity contribution is 6.38. The Hall–Kier alpha value is -5.89. The summed E-state index contributed by atoms with van der Waals surface area (Å²) >= 11 is 7.41. The summed E-state index contributed by atoms with van der Waals surface area (Å²) in [5.41, 5.74) is 5.26. The van der Waals surface area contributed by atoms with Gasteiger partial charge in [0.25, 0.3) is 0 Å². The quantitative estimate of drug-likeness (QED) is 0.163. The summed E-state index contributed by atoms with van der Waals surface area (Å²) in [6.07, 6.45) is 1.05. The molecule has 0 spiro atoms. The molecule has 0 radical (unpaired) electrons. The van der Waals surface area contributed by atoms with Crippen LogP contribution in [-0.4, -0.2) is 83.1 Å². The number of carbonyl (C=O) groups is 2. The van der Waals surface area contributed by atoms with Crippen molar-refractivity contribution in [3.8, 4) is 39.5 Å². The van der Waals surface area contributed by atoms with Gasteiger partial charge in [-0.15, -0.1) is 0 Å². The zero-order chi connectivity index (χ0) is 43.7. The molecule has 6 aromatic rings. The molecule has 62 heavy (non-hydrogen) atoms. The van der Waals surface area contributed by atoms with Gasteiger partial charge in [0.2, 0.25) is 0 Å². The van der Waals surface area contributed by atoms with E-state index in [0.717, 1.165) is 39.7 Å². The van der Waals surface area contributed by atoms with E-state index in [1.807, 2.05) is 54.6 Å². The topological polar surface area (TPSA) is 131 Å². The smallest absolute Gasteiger partial charge is 0.411 e. The number of halogens is 3. The van der Waals surface area contributed by atoms with E-state index >= 15 is 0 Å². The molecule has 5 atom stereocenters. The van der Waals surface area contributed by atoms with Crippen molar-refractivity contribution in [2.24, 2.45) is 0 Å². The second-order valence-corrected chi connectivity index (χ2v) is 18.8. The van der Waals surface area contributed by atoms with Crippen LogP contribution < -0.4 is 4.74 Å². The fraction of sp³-hybridized carbons (Fsp3) is 0.404. The number of benzene rings is 3. The number of likely N-dealkylation sites (tertiary alicyclic amines) is 2. The number of hydrogen-bond acceptors (Lipinski definition) is 7. The lowest BCUT2D eigenvalue weighted by Gasteiger charge is -2.30. The first-order valence-electron chi connectivity index (χ1n) is 21.1. The molecule has 6 heterocycles. The Morgan fingerprint density at radius 2 is 1.34 bits per heavy atom. The first-order chi connectivity index (χ1) is 29.5. The Kier molecular flexibility index (Phi) is 10.6. The lowest BCUT2D eigenvalue weighted by atomic mass is 10.0. The minimum absolute atomic E-state index is 0.0667. The van der Waals surface area contributed by atoms with E-state index in [9.17, 15) is 18.4 Å². The zero-order valence-corrected chi connectivity index (χ0v) is 36.3. The molecule has 0 saturated carbocycles. The largest absolute Gasteiger partial charge is 0.469 e. The summed E-state index contributed by atoms with van der Waals surface area (Å²) in [4.78, 5) is 44.8. The van der Waals surface area contributed by atoms with Crippen molar-refractivity contribution in [1.29, 1.82) is 0 Å². The normalized spacial score (nSPS) is 21.2. The maximum atomic E-state index is 14.8. The van der Waals surface area contributed by atoms with E-state index in [0.29, 0.717) is 40.2 Å². The maximum absolute atomic E-state index is 14.8. The molecular formula is C47H50ClF2N7O5. The van der Waals surface area contributed by atoms with E-state index in [1.54, 1.807) is 53.9 Å². The van der Waals surface area contributed by atoms with E-state index in [-0.39, 0.29) is 25.9 Å². The van der Waals surface area contributed by atoms with Crippen LogP contribution in [0.4, 0.5) is 18.4 Å². The lowest BCUT2D eigenvalue weighted by molar-refractivity contribution is 0.0201. The van der Waals surface area contributed by atoms with Gasteiger partial charge < -0.3 is 28.7 Å². The Labute approximate surface area is 363 Å². The fourth-order valence-corrected chi connectivity index (χ4v) is 9.08. The van der Waals surface area contributed by atoms with Crippen LogP contribution in [0, 0.1) is 0 Å². The highest BCUT2D eigenvalue weighted by Crippen LogP contribution is 2.50. The van der Waals surface area contributed by atoms with Crippen molar-refractivity contribution >= 4 is 34.7 Å². The second-order valence-electron chi connectivity index (χ2n) is 18.4. The van der Waals surface area contributed by atoms with Gasteiger partial charge >= 0.3 is 12.2 Å². The summed E-state index contributed by atoms with van der Waals surface area (Å²) in [6, 6.07) is 21.0. The number of amides is 2. The molecule has 2 fully saturated rings. The zero-order valence-electron chi connectivity index (χ0n) is 35.5. The number of carbonyl (C=O) groups excluding carboxylic acids is 2. The summed E-state index contributed by atoms with van der Waals surface area (Å²) in [7, 11) is 0. The molecule has 3 aromatic heterocycles. The minimum Gasteiger partial charge on any atom is -0.469 e. The third kappa shape index (κ3) is 8.12. The minimum atomic E-state index is -1.20. The highest BCUT2D eigenvalue weighted by atomic mass is 35.5. The van der Waals surface area contributed by atoms with Gasteiger partial charge in [-0.1, -0.05) is 54.1 Å². The van der Waals surface area contributed by atoms with Crippen LogP contribution >= 0.6 is 11.6 Å². The molecule has 9 rings (SSSR count). The van der Waals surface area contributed by atoms with Crippen LogP contribution in [0.5, 0.6) is 5.75 Å². The molecule has 2 N–H and O–H groups in total. The highest BCUT2D eigenvalue weighted by Gasteiger charge is 2.42. The van der Waals surface area contributed by atoms with Crippen molar-refractivity contribution in [3.05, 3.63) is 101 Å². The number of H-pyrrole nitrogens is 2. The number of rotatable bonds is 7. The SMILES string of the molecule is CC(C)(C)OC(=O)N1C[C@H](F)CC1c1ncc(-c2ccc3c(c2)OC(CCc2ccccc2)n2c-3c(Cl)c3cc(-c4cnc([C@@H]5CC(F)CN5C(=O)OC(C)(C)C)[nH]4)ccc32)[nH]1. The number of alkyl halides is 2. The molecule has 324 valence electrons. The van der Waals surface area contributed by atoms with Crippen LogP contribution in [0.1, 0.15) is 96.3 Å². The molecule has 2 amide bonds. The molecule has 3 aliphatic heterocycles. The Morgan fingerprint density at radius 3 is 1.90 bits per heavy atom. The molecule has 15 heteroatoms. The monoisotopic (exact) mass is 865 g/mol. The number of imidazole rings is 2. The molecule has 3 unspecified atom stereocenters. The average molecular weight is 866 g/mol. The molecular weight excluding hydrogens is 816 g/mol. The Morgan fingerprint density at radius 1 is 0.790 bits per heavy atom. The van der Waals surface area contributed by atoms with Crippen LogP contribution in [0.3, 0.4) is 0 Å². The van der Waals surface area contributed by atoms with E-state index in [2.05, 4.69) is 36.6 Å². The van der Waals surface area contributed by atoms with Crippen molar-refractivity contribution in [1.82, 2.24) is 34.3 Å². The number of nitrogens with one attached hydrogen (secondary N) is 2. The van der Waals surface area contributed by atoms with Gasteiger partial charge in [-0.05, 0) is 77.8 Å². The standard InChI is InChI=1S/C47H50ClF2N7O5/c1-46(2,3)61-44(58)55-24-29(49)20-36(55)42-51-22-33(53-42)27-14-16-35-32(18-27)40(48)41-31-15-13-28(19-38(31)60-39(57(35)41)17-12-26-10-8-7-9-11-26)34-23-52-43(54-34)37-21-30(50)25-56(37)45(59)62-47(4,5)6/h7-11,13-16,18-19,22-23,29-30,36-37,39H,12,17,20-21,24-25H2,1-6H3,(H,51,53)(H,52,54)/t29?,30-,36+,37?,39?/m1/s1. The molecule has 3 aliphatic rings.